The molecule has 2 heterocycles. The number of furan rings is 1. The molecule has 3 rings (SSSR count). The summed E-state index contributed by atoms with van der Waals surface area (Å²) in [7, 11) is 0. The summed E-state index contributed by atoms with van der Waals surface area (Å²) in [5, 5.41) is 12.9. The maximum absolute atomic E-state index is 12.0. The maximum Gasteiger partial charge on any atom is 0.335 e. The van der Waals surface area contributed by atoms with E-state index in [0.29, 0.717) is 30.3 Å². The first kappa shape index (κ1) is 18.8. The molecule has 0 radical (unpaired) electrons. The number of rotatable bonds is 6. The number of carboxylic acid groups (broad SMARTS) is 1. The Bertz CT molecular complexity index is 851. The Morgan fingerprint density at radius 1 is 1.26 bits per heavy atom. The van der Waals surface area contributed by atoms with Gasteiger partial charge in [0.15, 0.2) is 5.79 Å². The topological polar surface area (TPSA) is 110 Å². The van der Waals surface area contributed by atoms with E-state index in [9.17, 15) is 9.59 Å². The zero-order chi connectivity index (χ0) is 19.3. The van der Waals surface area contributed by atoms with Gasteiger partial charge in [-0.05, 0) is 37.6 Å². The minimum absolute atomic E-state index is 0.0374. The van der Waals surface area contributed by atoms with Gasteiger partial charge < -0.3 is 19.0 Å². The number of carboxylic acids is 1. The van der Waals surface area contributed by atoms with Gasteiger partial charge in [-0.3, -0.25) is 4.79 Å². The Morgan fingerprint density at radius 3 is 2.78 bits per heavy atom. The third-order valence-electron chi connectivity index (χ3n) is 3.99. The minimum atomic E-state index is -1.01. The Balaban J connectivity index is 1.58. The largest absolute Gasteiger partial charge is 0.478 e. The SMILES string of the molecule is CC1(CC(=O)N/N=C\c2ccc(-c3cccc(C(=O)O)c3)o2)OCCCO1. The Morgan fingerprint density at radius 2 is 2.04 bits per heavy atom. The van der Waals surface area contributed by atoms with Crippen LogP contribution in [0.1, 0.15) is 35.9 Å². The third-order valence-corrected chi connectivity index (χ3v) is 3.99. The number of nitrogens with zero attached hydrogens (tertiary/aromatic N) is 1. The van der Waals surface area contributed by atoms with Crippen LogP contribution in [0.2, 0.25) is 0 Å². The molecule has 8 nitrogen and oxygen atoms in total. The molecule has 1 aromatic carbocycles. The molecule has 1 aliphatic rings. The number of amides is 1. The smallest absolute Gasteiger partial charge is 0.335 e. The fourth-order valence-corrected chi connectivity index (χ4v) is 2.66. The summed E-state index contributed by atoms with van der Waals surface area (Å²) in [6.45, 7) is 2.84. The number of aromatic carboxylic acids is 1. The molecular weight excluding hydrogens is 352 g/mol. The van der Waals surface area contributed by atoms with Crippen LogP contribution in [0.4, 0.5) is 0 Å². The standard InChI is InChI=1S/C19H20N2O6/c1-19(25-8-3-9-26-19)11-17(22)21-20-12-15-6-7-16(27-15)13-4-2-5-14(10-13)18(23)24/h2,4-7,10,12H,3,8-9,11H2,1H3,(H,21,22)(H,23,24)/b20-12-. The van der Waals surface area contributed by atoms with E-state index in [4.69, 9.17) is 19.0 Å². The van der Waals surface area contributed by atoms with Crippen molar-refractivity contribution < 1.29 is 28.6 Å². The second-order valence-corrected chi connectivity index (χ2v) is 6.24. The molecule has 0 unspecified atom stereocenters. The zero-order valence-electron chi connectivity index (χ0n) is 14.8. The number of hydrogen-bond donors (Lipinski definition) is 2. The van der Waals surface area contributed by atoms with Gasteiger partial charge in [0.05, 0.1) is 31.4 Å². The van der Waals surface area contributed by atoms with Crippen molar-refractivity contribution in [1.82, 2.24) is 5.43 Å². The Hall–Kier alpha value is -2.97. The number of hydrogen-bond acceptors (Lipinski definition) is 6. The maximum atomic E-state index is 12.0. The molecule has 2 N–H and O–H groups in total. The van der Waals surface area contributed by atoms with Crippen LogP contribution in [0.15, 0.2) is 45.9 Å². The second-order valence-electron chi connectivity index (χ2n) is 6.24. The number of carbonyl (C=O) groups excluding carboxylic acids is 1. The van der Waals surface area contributed by atoms with Gasteiger partial charge in [0.1, 0.15) is 11.5 Å². The lowest BCUT2D eigenvalue weighted by atomic mass is 10.1. The van der Waals surface area contributed by atoms with Gasteiger partial charge in [-0.25, -0.2) is 10.2 Å². The van der Waals surface area contributed by atoms with Crippen LogP contribution in [0.25, 0.3) is 11.3 Å². The van der Waals surface area contributed by atoms with Gasteiger partial charge in [-0.1, -0.05) is 12.1 Å². The summed E-state index contributed by atoms with van der Waals surface area (Å²) >= 11 is 0. The van der Waals surface area contributed by atoms with Crippen LogP contribution < -0.4 is 5.43 Å². The van der Waals surface area contributed by atoms with E-state index in [-0.39, 0.29) is 17.9 Å². The summed E-state index contributed by atoms with van der Waals surface area (Å²) in [5.41, 5.74) is 3.22. The first-order valence-electron chi connectivity index (χ1n) is 8.49. The molecule has 0 aliphatic carbocycles. The van der Waals surface area contributed by atoms with Gasteiger partial charge >= 0.3 is 5.97 Å². The Labute approximate surface area is 155 Å². The van der Waals surface area contributed by atoms with Gasteiger partial charge in [-0.2, -0.15) is 5.10 Å². The first-order chi connectivity index (χ1) is 13.0. The average molecular weight is 372 g/mol. The minimum Gasteiger partial charge on any atom is -0.478 e. The lowest BCUT2D eigenvalue weighted by Gasteiger charge is -2.33. The van der Waals surface area contributed by atoms with Crippen LogP contribution in [-0.2, 0) is 14.3 Å². The highest BCUT2D eigenvalue weighted by molar-refractivity contribution is 5.89. The average Bonchev–Trinajstić information content (AvgIpc) is 3.11. The third kappa shape index (κ3) is 5.02. The Kier molecular flexibility index (Phi) is 5.68. The molecule has 1 fully saturated rings. The summed E-state index contributed by atoms with van der Waals surface area (Å²) in [5.74, 6) is -1.35. The first-order valence-corrected chi connectivity index (χ1v) is 8.49. The molecule has 142 valence electrons. The number of benzene rings is 1. The number of nitrogens with one attached hydrogen (secondary N) is 1. The van der Waals surface area contributed by atoms with Crippen LogP contribution in [-0.4, -0.2) is 42.2 Å². The molecule has 27 heavy (non-hydrogen) atoms. The molecule has 0 saturated carbocycles. The van der Waals surface area contributed by atoms with Crippen molar-refractivity contribution in [2.75, 3.05) is 13.2 Å². The van der Waals surface area contributed by atoms with Crippen LogP contribution in [0.5, 0.6) is 0 Å². The van der Waals surface area contributed by atoms with Crippen molar-refractivity contribution in [2.24, 2.45) is 5.10 Å². The normalized spacial score (nSPS) is 16.3. The van der Waals surface area contributed by atoms with Gasteiger partial charge in [0, 0.05) is 5.56 Å². The molecule has 8 heteroatoms. The van der Waals surface area contributed by atoms with E-state index in [0.717, 1.165) is 6.42 Å². The van der Waals surface area contributed by atoms with Crippen LogP contribution in [0, 0.1) is 0 Å². The molecular formula is C19H20N2O6. The predicted octanol–water partition coefficient (Wildman–Crippen LogP) is 2.64. The fourth-order valence-electron chi connectivity index (χ4n) is 2.66. The van der Waals surface area contributed by atoms with Gasteiger partial charge in [0.25, 0.3) is 0 Å². The van der Waals surface area contributed by atoms with Crippen LogP contribution >= 0.6 is 0 Å². The van der Waals surface area contributed by atoms with Crippen molar-refractivity contribution in [3.8, 4) is 11.3 Å². The quantitative estimate of drug-likeness (QED) is 0.596. The highest BCUT2D eigenvalue weighted by Crippen LogP contribution is 2.23. The lowest BCUT2D eigenvalue weighted by Crippen LogP contribution is -2.41. The highest BCUT2D eigenvalue weighted by atomic mass is 16.7. The second kappa shape index (κ2) is 8.15. The van der Waals surface area contributed by atoms with Crippen molar-refractivity contribution in [3.63, 3.8) is 0 Å². The number of hydrazone groups is 1. The number of carbonyl (C=O) groups is 2. The zero-order valence-corrected chi connectivity index (χ0v) is 14.8. The van der Waals surface area contributed by atoms with E-state index in [1.165, 1.54) is 18.3 Å². The van der Waals surface area contributed by atoms with E-state index in [1.807, 2.05) is 0 Å². The monoisotopic (exact) mass is 372 g/mol. The van der Waals surface area contributed by atoms with Crippen molar-refractivity contribution in [2.45, 2.75) is 25.6 Å². The summed E-state index contributed by atoms with van der Waals surface area (Å²) in [6.07, 6.45) is 2.22. The molecule has 1 aromatic heterocycles. The van der Waals surface area contributed by atoms with E-state index < -0.39 is 11.8 Å². The van der Waals surface area contributed by atoms with Gasteiger partial charge in [-0.15, -0.1) is 0 Å². The molecule has 1 amide bonds. The predicted molar refractivity (Wildman–Crippen MR) is 96.4 cm³/mol. The summed E-state index contributed by atoms with van der Waals surface area (Å²) in [4.78, 5) is 23.0. The lowest BCUT2D eigenvalue weighted by molar-refractivity contribution is -0.256. The summed E-state index contributed by atoms with van der Waals surface area (Å²) in [6, 6.07) is 9.80. The van der Waals surface area contributed by atoms with Gasteiger partial charge in [0.2, 0.25) is 5.91 Å². The van der Waals surface area contributed by atoms with Crippen molar-refractivity contribution >= 4 is 18.1 Å². The molecule has 0 atom stereocenters. The molecule has 0 bridgehead atoms. The van der Waals surface area contributed by atoms with E-state index in [1.54, 1.807) is 31.2 Å². The number of ether oxygens (including phenoxy) is 2. The summed E-state index contributed by atoms with van der Waals surface area (Å²) < 4.78 is 16.6. The molecule has 1 saturated heterocycles. The van der Waals surface area contributed by atoms with Crippen LogP contribution in [0.3, 0.4) is 0 Å². The molecule has 0 spiro atoms. The molecule has 2 aromatic rings. The van der Waals surface area contributed by atoms with Crippen molar-refractivity contribution in [3.05, 3.63) is 47.7 Å². The van der Waals surface area contributed by atoms with Crippen molar-refractivity contribution in [1.29, 1.82) is 0 Å². The van der Waals surface area contributed by atoms with E-state index >= 15 is 0 Å². The molecule has 1 aliphatic heterocycles. The fraction of sp³-hybridized carbons (Fsp3) is 0.316. The highest BCUT2D eigenvalue weighted by Gasteiger charge is 2.31. The van der Waals surface area contributed by atoms with E-state index in [2.05, 4.69) is 10.5 Å².